The van der Waals surface area contributed by atoms with Gasteiger partial charge in [0.05, 0.1) is 11.0 Å². The number of carbonyl (C=O) groups is 2. The van der Waals surface area contributed by atoms with Crippen LogP contribution in [0.25, 0.3) is 21.8 Å². The average molecular weight is 408 g/mol. The number of pyridine rings is 1. The highest BCUT2D eigenvalue weighted by molar-refractivity contribution is 5.99. The molecule has 0 radical (unpaired) electrons. The zero-order valence-electron chi connectivity index (χ0n) is 17.6. The summed E-state index contributed by atoms with van der Waals surface area (Å²) in [7, 11) is 3.88. The normalized spacial score (nSPS) is 11.2. The number of unbranched alkanes of at least 4 members (excludes halogenated alkanes) is 1. The highest BCUT2D eigenvalue weighted by Gasteiger charge is 2.07. The van der Waals surface area contributed by atoms with Crippen LogP contribution in [0.2, 0.25) is 0 Å². The van der Waals surface area contributed by atoms with Crippen molar-refractivity contribution in [3.63, 3.8) is 0 Å². The summed E-state index contributed by atoms with van der Waals surface area (Å²) in [4.78, 5) is 30.9. The summed E-state index contributed by atoms with van der Waals surface area (Å²) >= 11 is 0. The molecule has 3 rings (SSSR count). The highest BCUT2D eigenvalue weighted by Crippen LogP contribution is 2.25. The molecule has 0 aliphatic heterocycles. The van der Waals surface area contributed by atoms with Crippen LogP contribution >= 0.6 is 0 Å². The molecule has 1 aromatic heterocycles. The molecule has 0 spiro atoms. The minimum Gasteiger partial charge on any atom is -0.330 e. The fourth-order valence-electron chi connectivity index (χ4n) is 3.18. The van der Waals surface area contributed by atoms with E-state index in [1.807, 2.05) is 55.4 Å². The van der Waals surface area contributed by atoms with Gasteiger partial charge in [-0.05, 0) is 63.8 Å². The zero-order valence-corrected chi connectivity index (χ0v) is 17.6. The topological polar surface area (TPSA) is 100 Å². The summed E-state index contributed by atoms with van der Waals surface area (Å²) in [6, 6.07) is 13.5. The predicted molar refractivity (Wildman–Crippen MR) is 123 cm³/mol. The molecular formula is C23H29N5O2. The lowest BCUT2D eigenvalue weighted by Crippen LogP contribution is -2.20. The molecule has 4 N–H and O–H groups in total. The highest BCUT2D eigenvalue weighted by atomic mass is 16.2. The summed E-state index contributed by atoms with van der Waals surface area (Å²) in [5.41, 5.74) is 8.50. The number of hydrogen-bond donors (Lipinski definition) is 3. The molecule has 0 saturated heterocycles. The minimum atomic E-state index is -0.0246. The van der Waals surface area contributed by atoms with Gasteiger partial charge >= 0.3 is 0 Å². The monoisotopic (exact) mass is 407 g/mol. The number of benzene rings is 2. The summed E-state index contributed by atoms with van der Waals surface area (Å²) in [5.74, 6) is -0.0465. The molecular weight excluding hydrogens is 378 g/mol. The van der Waals surface area contributed by atoms with Crippen molar-refractivity contribution in [3.8, 4) is 0 Å². The van der Waals surface area contributed by atoms with Gasteiger partial charge in [0.15, 0.2) is 0 Å². The van der Waals surface area contributed by atoms with Crippen molar-refractivity contribution in [2.24, 2.45) is 5.73 Å². The lowest BCUT2D eigenvalue weighted by molar-refractivity contribution is -0.117. The fourth-order valence-corrected chi connectivity index (χ4v) is 3.18. The molecule has 0 saturated carbocycles. The first-order valence-electron chi connectivity index (χ1n) is 10.2. The molecule has 0 unspecified atom stereocenters. The van der Waals surface area contributed by atoms with E-state index in [9.17, 15) is 9.59 Å². The van der Waals surface area contributed by atoms with Crippen LogP contribution in [-0.4, -0.2) is 48.9 Å². The lowest BCUT2D eigenvalue weighted by atomic mass is 10.1. The van der Waals surface area contributed by atoms with Crippen molar-refractivity contribution in [1.82, 2.24) is 9.88 Å². The van der Waals surface area contributed by atoms with Gasteiger partial charge in [0.2, 0.25) is 11.8 Å². The van der Waals surface area contributed by atoms with Gasteiger partial charge in [-0.3, -0.25) is 9.59 Å². The maximum Gasteiger partial charge on any atom is 0.225 e. The molecule has 30 heavy (non-hydrogen) atoms. The van der Waals surface area contributed by atoms with E-state index in [1.165, 1.54) is 0 Å². The third-order valence-corrected chi connectivity index (χ3v) is 4.82. The largest absolute Gasteiger partial charge is 0.330 e. The van der Waals surface area contributed by atoms with Gasteiger partial charge in [-0.2, -0.15) is 0 Å². The Hall–Kier alpha value is -3.03. The molecule has 2 aromatic carbocycles. The molecule has 7 nitrogen and oxygen atoms in total. The fraction of sp³-hybridized carbons (Fsp3) is 0.348. The Labute approximate surface area is 176 Å². The number of anilines is 2. The molecule has 0 bridgehead atoms. The number of fused-ring (bicyclic) bond motifs is 2. The van der Waals surface area contributed by atoms with Crippen molar-refractivity contribution in [2.75, 3.05) is 37.8 Å². The molecule has 0 atom stereocenters. The molecule has 2 amide bonds. The summed E-state index contributed by atoms with van der Waals surface area (Å²) in [6.07, 6.45) is 2.51. The maximum atomic E-state index is 12.1. The first-order chi connectivity index (χ1) is 14.4. The summed E-state index contributed by atoms with van der Waals surface area (Å²) in [6.45, 7) is 1.29. The number of nitrogens with two attached hydrogens (primary N) is 1. The van der Waals surface area contributed by atoms with E-state index >= 15 is 0 Å². The van der Waals surface area contributed by atoms with Gasteiger partial charge in [-0.25, -0.2) is 4.98 Å². The number of hydrogen-bond acceptors (Lipinski definition) is 5. The quantitative estimate of drug-likeness (QED) is 0.373. The van der Waals surface area contributed by atoms with E-state index in [1.54, 1.807) is 0 Å². The average Bonchev–Trinajstić information content (AvgIpc) is 2.71. The third-order valence-electron chi connectivity index (χ3n) is 4.82. The van der Waals surface area contributed by atoms with Gasteiger partial charge in [-0.15, -0.1) is 0 Å². The molecule has 7 heteroatoms. The molecule has 0 aliphatic rings. The van der Waals surface area contributed by atoms with Crippen molar-refractivity contribution in [1.29, 1.82) is 0 Å². The van der Waals surface area contributed by atoms with Gasteiger partial charge < -0.3 is 21.3 Å². The van der Waals surface area contributed by atoms with Crippen LogP contribution in [0.1, 0.15) is 25.7 Å². The Morgan fingerprint density at radius 3 is 1.97 bits per heavy atom. The van der Waals surface area contributed by atoms with E-state index in [0.29, 0.717) is 25.9 Å². The van der Waals surface area contributed by atoms with Gasteiger partial charge in [-0.1, -0.05) is 12.1 Å². The first kappa shape index (κ1) is 21.7. The molecule has 1 heterocycles. The second kappa shape index (κ2) is 10.1. The number of nitrogens with one attached hydrogen (secondary N) is 2. The van der Waals surface area contributed by atoms with E-state index < -0.39 is 0 Å². The molecule has 158 valence electrons. The van der Waals surface area contributed by atoms with Crippen LogP contribution in [0.3, 0.4) is 0 Å². The Balaban J connectivity index is 1.76. The zero-order chi connectivity index (χ0) is 21.5. The van der Waals surface area contributed by atoms with Gasteiger partial charge in [0, 0.05) is 41.5 Å². The van der Waals surface area contributed by atoms with Crippen molar-refractivity contribution < 1.29 is 9.59 Å². The Morgan fingerprint density at radius 2 is 1.43 bits per heavy atom. The Kier molecular flexibility index (Phi) is 7.32. The van der Waals surface area contributed by atoms with Crippen LogP contribution in [0.15, 0.2) is 42.5 Å². The van der Waals surface area contributed by atoms with Gasteiger partial charge in [0.1, 0.15) is 0 Å². The minimum absolute atomic E-state index is 0.0219. The van der Waals surface area contributed by atoms with E-state index in [-0.39, 0.29) is 11.8 Å². The van der Waals surface area contributed by atoms with E-state index in [2.05, 4.69) is 16.7 Å². The van der Waals surface area contributed by atoms with E-state index in [4.69, 9.17) is 10.7 Å². The van der Waals surface area contributed by atoms with Crippen molar-refractivity contribution in [3.05, 3.63) is 42.5 Å². The van der Waals surface area contributed by atoms with Crippen LogP contribution in [0, 0.1) is 0 Å². The first-order valence-corrected chi connectivity index (χ1v) is 10.2. The Bertz CT molecular complexity index is 1050. The van der Waals surface area contributed by atoms with Crippen LogP contribution in [0.4, 0.5) is 11.4 Å². The molecule has 3 aromatic rings. The van der Waals surface area contributed by atoms with Crippen LogP contribution in [-0.2, 0) is 9.59 Å². The van der Waals surface area contributed by atoms with E-state index in [0.717, 1.165) is 46.0 Å². The van der Waals surface area contributed by atoms with Gasteiger partial charge in [0.25, 0.3) is 0 Å². The standard InChI is InChI=1S/C23H29N5O2/c1-28(2)12-10-23(30)26-19-9-7-17-13-16-6-8-18(14-20(16)27-21(17)15-19)25-22(29)5-3-4-11-24/h6-9,13-15H,3-5,10-12,24H2,1-2H3,(H,25,29)(H,26,30). The van der Waals surface area contributed by atoms with Crippen molar-refractivity contribution >= 4 is 45.0 Å². The SMILES string of the molecule is CN(C)CCC(=O)Nc1ccc2cc3ccc(NC(=O)CCCCN)cc3nc2c1. The van der Waals surface area contributed by atoms with Crippen molar-refractivity contribution in [2.45, 2.75) is 25.7 Å². The van der Waals surface area contributed by atoms with Crippen LogP contribution < -0.4 is 16.4 Å². The maximum absolute atomic E-state index is 12.1. The number of nitrogens with zero attached hydrogens (tertiary/aromatic N) is 2. The molecule has 0 aliphatic carbocycles. The second-order valence-corrected chi connectivity index (χ2v) is 7.70. The number of aromatic nitrogens is 1. The lowest BCUT2D eigenvalue weighted by Gasteiger charge is -2.11. The summed E-state index contributed by atoms with van der Waals surface area (Å²) in [5, 5.41) is 7.83. The molecule has 0 fully saturated rings. The summed E-state index contributed by atoms with van der Waals surface area (Å²) < 4.78 is 0. The predicted octanol–water partition coefficient (Wildman–Crippen LogP) is 3.35. The third kappa shape index (κ3) is 5.98. The number of amides is 2. The number of rotatable bonds is 9. The Morgan fingerprint density at radius 1 is 0.867 bits per heavy atom. The second-order valence-electron chi connectivity index (χ2n) is 7.70. The number of carbonyl (C=O) groups excluding carboxylic acids is 2. The van der Waals surface area contributed by atoms with Crippen LogP contribution in [0.5, 0.6) is 0 Å². The smallest absolute Gasteiger partial charge is 0.225 e.